The molecule has 0 spiro atoms. The van der Waals surface area contributed by atoms with Crippen LogP contribution in [-0.4, -0.2) is 82.4 Å². The number of ether oxygens (including phenoxy) is 1. The lowest BCUT2D eigenvalue weighted by Gasteiger charge is -2.37. The number of carbonyl (C=O) groups is 1. The topological polar surface area (TPSA) is 87.9 Å². The zero-order valence-electron chi connectivity index (χ0n) is 18.5. The zero-order chi connectivity index (χ0) is 21.8. The molecule has 0 aliphatic carbocycles. The summed E-state index contributed by atoms with van der Waals surface area (Å²) < 4.78 is 7.39. The standard InChI is InChI=1S/C22H31N7O2/c1-16-13-17(2)29(26-16)20-7-6-18(14-24-20)15-25-22(23-3)28-10-8-27(9-11-28)21(30)19-5-4-12-31-19/h6-7,13-14,19H,4-5,8-12,15H2,1-3H3,(H,23,25). The van der Waals surface area contributed by atoms with E-state index in [9.17, 15) is 4.79 Å². The monoisotopic (exact) mass is 425 g/mol. The van der Waals surface area contributed by atoms with E-state index in [-0.39, 0.29) is 12.0 Å². The molecule has 1 N–H and O–H groups in total. The fourth-order valence-corrected chi connectivity index (χ4v) is 4.14. The number of piperazine rings is 1. The molecule has 0 bridgehead atoms. The van der Waals surface area contributed by atoms with Crippen molar-refractivity contribution in [3.05, 3.63) is 41.3 Å². The van der Waals surface area contributed by atoms with Crippen LogP contribution in [0.3, 0.4) is 0 Å². The Hall–Kier alpha value is -2.94. The highest BCUT2D eigenvalue weighted by atomic mass is 16.5. The summed E-state index contributed by atoms with van der Waals surface area (Å²) in [6.45, 7) is 8.23. The first-order valence-corrected chi connectivity index (χ1v) is 10.9. The number of hydrogen-bond acceptors (Lipinski definition) is 5. The van der Waals surface area contributed by atoms with Crippen LogP contribution in [-0.2, 0) is 16.1 Å². The first-order valence-electron chi connectivity index (χ1n) is 10.9. The fourth-order valence-electron chi connectivity index (χ4n) is 4.14. The molecule has 1 unspecified atom stereocenters. The number of nitrogens with zero attached hydrogens (tertiary/aromatic N) is 6. The Morgan fingerprint density at radius 3 is 2.58 bits per heavy atom. The van der Waals surface area contributed by atoms with Gasteiger partial charge in [-0.25, -0.2) is 9.67 Å². The summed E-state index contributed by atoms with van der Waals surface area (Å²) in [7, 11) is 1.79. The maximum Gasteiger partial charge on any atom is 0.251 e. The van der Waals surface area contributed by atoms with Crippen molar-refractivity contribution in [2.75, 3.05) is 39.8 Å². The summed E-state index contributed by atoms with van der Waals surface area (Å²) in [5.41, 5.74) is 3.11. The van der Waals surface area contributed by atoms with Gasteiger partial charge in [-0.2, -0.15) is 5.10 Å². The molecule has 4 rings (SSSR count). The van der Waals surface area contributed by atoms with E-state index in [0.29, 0.717) is 26.2 Å². The average Bonchev–Trinajstić information content (AvgIpc) is 3.44. The number of nitrogens with one attached hydrogen (secondary N) is 1. The number of hydrogen-bond donors (Lipinski definition) is 1. The van der Waals surface area contributed by atoms with Gasteiger partial charge in [-0.1, -0.05) is 6.07 Å². The van der Waals surface area contributed by atoms with E-state index in [2.05, 4.69) is 31.4 Å². The second-order valence-corrected chi connectivity index (χ2v) is 8.08. The van der Waals surface area contributed by atoms with E-state index in [1.165, 1.54) is 0 Å². The van der Waals surface area contributed by atoms with E-state index >= 15 is 0 Å². The summed E-state index contributed by atoms with van der Waals surface area (Å²) >= 11 is 0. The maximum absolute atomic E-state index is 12.5. The molecule has 31 heavy (non-hydrogen) atoms. The summed E-state index contributed by atoms with van der Waals surface area (Å²) in [4.78, 5) is 25.6. The van der Waals surface area contributed by atoms with Gasteiger partial charge >= 0.3 is 0 Å². The highest BCUT2D eigenvalue weighted by Gasteiger charge is 2.30. The first-order chi connectivity index (χ1) is 15.0. The smallest absolute Gasteiger partial charge is 0.251 e. The van der Waals surface area contributed by atoms with Crippen molar-refractivity contribution in [1.82, 2.24) is 29.9 Å². The van der Waals surface area contributed by atoms with E-state index in [4.69, 9.17) is 4.74 Å². The Kier molecular flexibility index (Phi) is 6.50. The lowest BCUT2D eigenvalue weighted by Crippen LogP contribution is -2.55. The molecule has 2 aromatic rings. The predicted molar refractivity (Wildman–Crippen MR) is 118 cm³/mol. The minimum atomic E-state index is -0.242. The zero-order valence-corrected chi connectivity index (χ0v) is 18.5. The van der Waals surface area contributed by atoms with Crippen LogP contribution < -0.4 is 5.32 Å². The minimum Gasteiger partial charge on any atom is -0.368 e. The van der Waals surface area contributed by atoms with E-state index < -0.39 is 0 Å². The maximum atomic E-state index is 12.5. The highest BCUT2D eigenvalue weighted by Crippen LogP contribution is 2.16. The minimum absolute atomic E-state index is 0.133. The van der Waals surface area contributed by atoms with Gasteiger partial charge in [-0.3, -0.25) is 9.79 Å². The molecule has 9 nitrogen and oxygen atoms in total. The molecule has 0 aromatic carbocycles. The Morgan fingerprint density at radius 1 is 1.23 bits per heavy atom. The number of carbonyl (C=O) groups excluding carboxylic acids is 1. The number of guanidine groups is 1. The Balaban J connectivity index is 1.29. The molecule has 9 heteroatoms. The molecular formula is C22H31N7O2. The molecule has 2 aliphatic heterocycles. The van der Waals surface area contributed by atoms with Gasteiger partial charge in [0, 0.05) is 58.3 Å². The molecule has 1 atom stereocenters. The van der Waals surface area contributed by atoms with Gasteiger partial charge in [-0.15, -0.1) is 0 Å². The first kappa shape index (κ1) is 21.3. The molecular weight excluding hydrogens is 394 g/mol. The van der Waals surface area contributed by atoms with E-state index in [0.717, 1.165) is 54.7 Å². The van der Waals surface area contributed by atoms with E-state index in [1.807, 2.05) is 41.8 Å². The van der Waals surface area contributed by atoms with Crippen molar-refractivity contribution in [3.8, 4) is 5.82 Å². The van der Waals surface area contributed by atoms with Crippen LogP contribution in [0.4, 0.5) is 0 Å². The summed E-state index contributed by atoms with van der Waals surface area (Å²) in [6.07, 6.45) is 3.44. The number of aryl methyl sites for hydroxylation is 2. The summed E-state index contributed by atoms with van der Waals surface area (Å²) in [6, 6.07) is 6.07. The van der Waals surface area contributed by atoms with Crippen LogP contribution >= 0.6 is 0 Å². The van der Waals surface area contributed by atoms with Crippen LogP contribution in [0.1, 0.15) is 29.8 Å². The van der Waals surface area contributed by atoms with Crippen molar-refractivity contribution >= 4 is 11.9 Å². The number of rotatable bonds is 4. The third-order valence-corrected chi connectivity index (χ3v) is 5.79. The second-order valence-electron chi connectivity index (χ2n) is 8.08. The number of aromatic nitrogens is 3. The lowest BCUT2D eigenvalue weighted by atomic mass is 10.2. The third kappa shape index (κ3) is 4.87. The van der Waals surface area contributed by atoms with Crippen molar-refractivity contribution < 1.29 is 9.53 Å². The van der Waals surface area contributed by atoms with Gasteiger partial charge in [0.25, 0.3) is 5.91 Å². The molecule has 2 aliphatic rings. The van der Waals surface area contributed by atoms with Crippen molar-refractivity contribution in [2.45, 2.75) is 39.3 Å². The second kappa shape index (κ2) is 9.47. The van der Waals surface area contributed by atoms with Crippen LogP contribution in [0.5, 0.6) is 0 Å². The Bertz CT molecular complexity index is 924. The molecule has 1 amide bonds. The predicted octanol–water partition coefficient (Wildman–Crippen LogP) is 1.28. The number of aliphatic imine (C=N–C) groups is 1. The van der Waals surface area contributed by atoms with Crippen LogP contribution in [0.2, 0.25) is 0 Å². The average molecular weight is 426 g/mol. The van der Waals surface area contributed by atoms with Crippen LogP contribution in [0, 0.1) is 13.8 Å². The van der Waals surface area contributed by atoms with Crippen LogP contribution in [0.15, 0.2) is 29.4 Å². The van der Waals surface area contributed by atoms with Gasteiger partial charge in [0.1, 0.15) is 6.10 Å². The number of pyridine rings is 1. The van der Waals surface area contributed by atoms with E-state index in [1.54, 1.807) is 7.05 Å². The largest absolute Gasteiger partial charge is 0.368 e. The third-order valence-electron chi connectivity index (χ3n) is 5.79. The molecule has 2 fully saturated rings. The summed E-state index contributed by atoms with van der Waals surface area (Å²) in [5.74, 6) is 1.78. The molecule has 4 heterocycles. The lowest BCUT2D eigenvalue weighted by molar-refractivity contribution is -0.142. The Morgan fingerprint density at radius 2 is 2.00 bits per heavy atom. The number of amides is 1. The molecule has 0 saturated carbocycles. The molecule has 2 aromatic heterocycles. The van der Waals surface area contributed by atoms with Crippen molar-refractivity contribution in [2.24, 2.45) is 4.99 Å². The van der Waals surface area contributed by atoms with Gasteiger partial charge in [0.05, 0.1) is 5.69 Å². The normalized spacial score (nSPS) is 19.7. The van der Waals surface area contributed by atoms with Crippen LogP contribution in [0.25, 0.3) is 5.82 Å². The van der Waals surface area contributed by atoms with Crippen molar-refractivity contribution in [3.63, 3.8) is 0 Å². The van der Waals surface area contributed by atoms with Gasteiger partial charge in [0.15, 0.2) is 11.8 Å². The molecule has 2 saturated heterocycles. The highest BCUT2D eigenvalue weighted by molar-refractivity contribution is 5.82. The van der Waals surface area contributed by atoms with Gasteiger partial charge in [0.2, 0.25) is 0 Å². The molecule has 0 radical (unpaired) electrons. The summed E-state index contributed by atoms with van der Waals surface area (Å²) in [5, 5.41) is 7.89. The Labute approximate surface area is 183 Å². The van der Waals surface area contributed by atoms with Crippen molar-refractivity contribution in [1.29, 1.82) is 0 Å². The quantitative estimate of drug-likeness (QED) is 0.587. The SMILES string of the molecule is CN=C(NCc1ccc(-n2nc(C)cc2C)nc1)N1CCN(C(=O)C2CCCO2)CC1. The van der Waals surface area contributed by atoms with Gasteiger partial charge in [-0.05, 0) is 44.4 Å². The molecule has 166 valence electrons. The fraction of sp³-hybridized carbons (Fsp3) is 0.545. The van der Waals surface area contributed by atoms with Gasteiger partial charge < -0.3 is 19.9 Å².